The highest BCUT2D eigenvalue weighted by atomic mass is 16.5. The Labute approximate surface area is 153 Å². The molecule has 0 radical (unpaired) electrons. The third-order valence-corrected chi connectivity index (χ3v) is 4.55. The van der Waals surface area contributed by atoms with Crippen molar-refractivity contribution >= 4 is 5.91 Å². The number of rotatable bonds is 8. The van der Waals surface area contributed by atoms with Crippen molar-refractivity contribution in [1.82, 2.24) is 15.0 Å². The number of benzene rings is 1. The van der Waals surface area contributed by atoms with E-state index in [2.05, 4.69) is 10.1 Å². The Balaban J connectivity index is 1.45. The van der Waals surface area contributed by atoms with E-state index in [1.165, 1.54) is 0 Å². The molecule has 26 heavy (non-hydrogen) atoms. The molecule has 7 heteroatoms. The quantitative estimate of drug-likeness (QED) is 0.672. The Hall–Kier alpha value is -2.25. The number of hydrogen-bond acceptors (Lipinski definition) is 6. The molecule has 140 valence electrons. The van der Waals surface area contributed by atoms with Crippen LogP contribution in [0.5, 0.6) is 0 Å². The average molecular weight is 359 g/mol. The van der Waals surface area contributed by atoms with E-state index in [1.807, 2.05) is 35.2 Å². The summed E-state index contributed by atoms with van der Waals surface area (Å²) < 4.78 is 15.6. The number of methoxy groups -OCH3 is 1. The van der Waals surface area contributed by atoms with E-state index in [4.69, 9.17) is 14.0 Å². The fraction of sp³-hybridized carbons (Fsp3) is 0.526. The number of nitrogens with zero attached hydrogens (tertiary/aromatic N) is 3. The molecule has 0 bridgehead atoms. The predicted octanol–water partition coefficient (Wildman–Crippen LogP) is 2.18. The second-order valence-electron chi connectivity index (χ2n) is 6.41. The number of carbonyl (C=O) groups is 1. The highest BCUT2D eigenvalue weighted by molar-refractivity contribution is 5.78. The molecule has 1 aromatic heterocycles. The van der Waals surface area contributed by atoms with Crippen molar-refractivity contribution in [2.24, 2.45) is 0 Å². The number of hydrogen-bond donors (Lipinski definition) is 0. The molecular weight excluding hydrogens is 334 g/mol. The third-order valence-electron chi connectivity index (χ3n) is 4.55. The zero-order valence-corrected chi connectivity index (χ0v) is 15.1. The van der Waals surface area contributed by atoms with Gasteiger partial charge in [0, 0.05) is 26.1 Å². The summed E-state index contributed by atoms with van der Waals surface area (Å²) in [5.74, 6) is 1.60. The van der Waals surface area contributed by atoms with Gasteiger partial charge in [0.15, 0.2) is 5.82 Å². The van der Waals surface area contributed by atoms with Crippen molar-refractivity contribution in [2.75, 3.05) is 33.4 Å². The van der Waals surface area contributed by atoms with E-state index >= 15 is 0 Å². The van der Waals surface area contributed by atoms with Crippen LogP contribution in [0.4, 0.5) is 0 Å². The summed E-state index contributed by atoms with van der Waals surface area (Å²) in [5, 5.41) is 4.08. The summed E-state index contributed by atoms with van der Waals surface area (Å²) in [7, 11) is 1.63. The highest BCUT2D eigenvalue weighted by Gasteiger charge is 2.27. The summed E-state index contributed by atoms with van der Waals surface area (Å²) in [6.45, 7) is 2.78. The van der Waals surface area contributed by atoms with Gasteiger partial charge < -0.3 is 18.9 Å². The molecule has 2 heterocycles. The minimum atomic E-state index is 0.176. The third kappa shape index (κ3) is 5.12. The van der Waals surface area contributed by atoms with Crippen molar-refractivity contribution in [3.05, 3.63) is 47.6 Å². The lowest BCUT2D eigenvalue weighted by molar-refractivity contribution is -0.131. The van der Waals surface area contributed by atoms with Crippen LogP contribution in [-0.4, -0.2) is 54.4 Å². The first-order valence-corrected chi connectivity index (χ1v) is 8.97. The van der Waals surface area contributed by atoms with Gasteiger partial charge in [-0.1, -0.05) is 35.5 Å². The Morgan fingerprint density at radius 2 is 2.00 bits per heavy atom. The van der Waals surface area contributed by atoms with E-state index in [0.29, 0.717) is 38.0 Å². The van der Waals surface area contributed by atoms with Crippen LogP contribution in [-0.2, 0) is 27.3 Å². The van der Waals surface area contributed by atoms with E-state index in [0.717, 1.165) is 31.5 Å². The Morgan fingerprint density at radius 3 is 2.73 bits per heavy atom. The van der Waals surface area contributed by atoms with Crippen LogP contribution in [0.1, 0.15) is 36.0 Å². The maximum Gasteiger partial charge on any atom is 0.252 e. The van der Waals surface area contributed by atoms with Crippen molar-refractivity contribution < 1.29 is 18.8 Å². The molecule has 0 spiro atoms. The fourth-order valence-corrected chi connectivity index (χ4v) is 3.06. The molecule has 0 saturated carbocycles. The molecule has 1 aromatic carbocycles. The predicted molar refractivity (Wildman–Crippen MR) is 94.5 cm³/mol. The lowest BCUT2D eigenvalue weighted by Crippen LogP contribution is -2.39. The molecule has 1 saturated heterocycles. The Bertz CT molecular complexity index is 681. The van der Waals surface area contributed by atoms with Crippen molar-refractivity contribution in [1.29, 1.82) is 0 Å². The number of aromatic nitrogens is 2. The molecule has 0 aliphatic carbocycles. The van der Waals surface area contributed by atoms with Crippen LogP contribution >= 0.6 is 0 Å². The minimum Gasteiger partial charge on any atom is -0.382 e. The largest absolute Gasteiger partial charge is 0.382 e. The Morgan fingerprint density at radius 1 is 1.23 bits per heavy atom. The second-order valence-corrected chi connectivity index (χ2v) is 6.41. The van der Waals surface area contributed by atoms with Crippen LogP contribution in [0, 0.1) is 0 Å². The van der Waals surface area contributed by atoms with Crippen LogP contribution < -0.4 is 0 Å². The maximum atomic E-state index is 12.4. The van der Waals surface area contributed by atoms with Gasteiger partial charge in [-0.3, -0.25) is 4.79 Å². The van der Waals surface area contributed by atoms with Gasteiger partial charge in [-0.25, -0.2) is 0 Å². The number of piperidine rings is 1. The van der Waals surface area contributed by atoms with Crippen molar-refractivity contribution in [3.8, 4) is 0 Å². The number of carbonyl (C=O) groups excluding carboxylic acids is 1. The van der Waals surface area contributed by atoms with Gasteiger partial charge >= 0.3 is 0 Å². The number of ether oxygens (including phenoxy) is 2. The van der Waals surface area contributed by atoms with Crippen molar-refractivity contribution in [2.45, 2.75) is 31.8 Å². The van der Waals surface area contributed by atoms with E-state index in [9.17, 15) is 4.79 Å². The van der Waals surface area contributed by atoms with Gasteiger partial charge in [0.25, 0.3) is 5.89 Å². The van der Waals surface area contributed by atoms with Gasteiger partial charge in [0.05, 0.1) is 19.6 Å². The molecule has 3 rings (SSSR count). The molecule has 0 atom stereocenters. The van der Waals surface area contributed by atoms with Gasteiger partial charge in [0.2, 0.25) is 5.91 Å². The Kier molecular flexibility index (Phi) is 6.74. The van der Waals surface area contributed by atoms with E-state index < -0.39 is 0 Å². The minimum absolute atomic E-state index is 0.176. The summed E-state index contributed by atoms with van der Waals surface area (Å²) in [5.41, 5.74) is 1.05. The van der Waals surface area contributed by atoms with Gasteiger partial charge in [-0.15, -0.1) is 0 Å². The smallest absolute Gasteiger partial charge is 0.252 e. The van der Waals surface area contributed by atoms with E-state index in [-0.39, 0.29) is 11.8 Å². The highest BCUT2D eigenvalue weighted by Crippen LogP contribution is 2.26. The second kappa shape index (κ2) is 9.45. The van der Waals surface area contributed by atoms with Gasteiger partial charge in [-0.05, 0) is 18.4 Å². The van der Waals surface area contributed by atoms with Gasteiger partial charge in [0.1, 0.15) is 6.61 Å². The summed E-state index contributed by atoms with van der Waals surface area (Å²) in [6, 6.07) is 9.85. The van der Waals surface area contributed by atoms with Crippen LogP contribution in [0.15, 0.2) is 34.9 Å². The summed E-state index contributed by atoms with van der Waals surface area (Å²) in [4.78, 5) is 18.8. The van der Waals surface area contributed by atoms with Crippen LogP contribution in [0.3, 0.4) is 0 Å². The van der Waals surface area contributed by atoms with Crippen LogP contribution in [0.2, 0.25) is 0 Å². The van der Waals surface area contributed by atoms with Gasteiger partial charge in [-0.2, -0.15) is 4.98 Å². The summed E-state index contributed by atoms with van der Waals surface area (Å²) in [6.07, 6.45) is 2.16. The van der Waals surface area contributed by atoms with Crippen molar-refractivity contribution in [3.63, 3.8) is 0 Å². The summed E-state index contributed by atoms with van der Waals surface area (Å²) >= 11 is 0. The zero-order chi connectivity index (χ0) is 18.2. The molecule has 7 nitrogen and oxygen atoms in total. The normalized spacial score (nSPS) is 15.3. The number of likely N-dealkylation sites (tertiary alicyclic amines) is 1. The molecular formula is C19H25N3O4. The molecule has 0 unspecified atom stereocenters. The molecule has 2 aromatic rings. The topological polar surface area (TPSA) is 77.7 Å². The number of amides is 1. The van der Waals surface area contributed by atoms with Crippen LogP contribution in [0.25, 0.3) is 0 Å². The molecule has 1 aliphatic rings. The standard InChI is InChI=1S/C19H25N3O4/c1-24-11-12-25-14-17-20-19(21-26-17)16-7-9-22(10-8-16)18(23)13-15-5-3-2-4-6-15/h2-6,16H,7-14H2,1H3. The lowest BCUT2D eigenvalue weighted by atomic mass is 9.95. The molecule has 1 amide bonds. The first kappa shape index (κ1) is 18.5. The molecule has 0 N–H and O–H groups in total. The average Bonchev–Trinajstić information content (AvgIpc) is 3.15. The molecule has 1 aliphatic heterocycles. The fourth-order valence-electron chi connectivity index (χ4n) is 3.06. The zero-order valence-electron chi connectivity index (χ0n) is 15.1. The monoisotopic (exact) mass is 359 g/mol. The lowest BCUT2D eigenvalue weighted by Gasteiger charge is -2.30. The first-order valence-electron chi connectivity index (χ1n) is 8.97. The molecule has 1 fully saturated rings. The maximum absolute atomic E-state index is 12.4. The first-order chi connectivity index (χ1) is 12.8. The van der Waals surface area contributed by atoms with E-state index in [1.54, 1.807) is 7.11 Å². The SMILES string of the molecule is COCCOCc1nc(C2CCN(C(=O)Cc3ccccc3)CC2)no1.